The molecule has 0 aliphatic heterocycles. The van der Waals surface area contributed by atoms with Gasteiger partial charge in [-0.2, -0.15) is 11.8 Å². The molecule has 34 heavy (non-hydrogen) atoms. The van der Waals surface area contributed by atoms with E-state index in [0.29, 0.717) is 28.8 Å². The highest BCUT2D eigenvalue weighted by atomic mass is 35.5. The Balaban J connectivity index is 1.66. The quantitative estimate of drug-likeness (QED) is 0.365. The van der Waals surface area contributed by atoms with Crippen LogP contribution in [0.15, 0.2) is 77.7 Å². The van der Waals surface area contributed by atoms with E-state index in [4.69, 9.17) is 16.3 Å². The number of carbonyl (C=O) groups is 1. The minimum atomic E-state index is -3.96. The van der Waals surface area contributed by atoms with Gasteiger partial charge in [0.15, 0.2) is 0 Å². The fourth-order valence-corrected chi connectivity index (χ4v) is 5.50. The smallest absolute Gasteiger partial charge is 0.264 e. The lowest BCUT2D eigenvalue weighted by molar-refractivity contribution is -0.119. The van der Waals surface area contributed by atoms with Gasteiger partial charge in [0.1, 0.15) is 12.3 Å². The van der Waals surface area contributed by atoms with Crippen LogP contribution in [0.1, 0.15) is 11.1 Å². The van der Waals surface area contributed by atoms with Gasteiger partial charge in [0.25, 0.3) is 10.0 Å². The first-order valence-electron chi connectivity index (χ1n) is 10.6. The van der Waals surface area contributed by atoms with Crippen molar-refractivity contribution in [2.45, 2.75) is 17.6 Å². The number of benzene rings is 3. The number of hydrogen-bond acceptors (Lipinski definition) is 5. The van der Waals surface area contributed by atoms with Crippen molar-refractivity contribution < 1.29 is 17.9 Å². The third kappa shape index (κ3) is 7.16. The van der Waals surface area contributed by atoms with Crippen LogP contribution in [0.5, 0.6) is 5.75 Å². The van der Waals surface area contributed by atoms with Gasteiger partial charge < -0.3 is 10.1 Å². The van der Waals surface area contributed by atoms with E-state index in [0.717, 1.165) is 21.2 Å². The molecule has 1 amide bonds. The predicted octanol–water partition coefficient (Wildman–Crippen LogP) is 4.90. The summed E-state index contributed by atoms with van der Waals surface area (Å²) in [7, 11) is -2.46. The Hall–Kier alpha value is -2.68. The fourth-order valence-electron chi connectivity index (χ4n) is 3.14. The Bertz CT molecular complexity index is 1200. The Labute approximate surface area is 210 Å². The van der Waals surface area contributed by atoms with E-state index in [-0.39, 0.29) is 17.3 Å². The summed E-state index contributed by atoms with van der Waals surface area (Å²) in [5, 5.41) is 3.52. The number of nitrogens with one attached hydrogen (secondary N) is 1. The van der Waals surface area contributed by atoms with Crippen LogP contribution in [0.25, 0.3) is 0 Å². The molecule has 0 aliphatic carbocycles. The van der Waals surface area contributed by atoms with Gasteiger partial charge in [-0.05, 0) is 48.9 Å². The molecule has 0 aliphatic rings. The number of aryl methyl sites for hydroxylation is 1. The lowest BCUT2D eigenvalue weighted by Gasteiger charge is -2.24. The maximum Gasteiger partial charge on any atom is 0.264 e. The van der Waals surface area contributed by atoms with Gasteiger partial charge in [0, 0.05) is 29.1 Å². The number of carbonyl (C=O) groups excluding carboxylic acids is 1. The fraction of sp³-hybridized carbons (Fsp3) is 0.240. The summed E-state index contributed by atoms with van der Waals surface area (Å²) in [6, 6.07) is 20.8. The standard InChI is InChI=1S/C25H27ClN2O4S2/c1-19-6-12-24(13-7-19)34(30,31)28(22-4-3-5-23(16-22)32-2)17-25(29)27-14-15-33-18-20-8-10-21(26)11-9-20/h3-13,16H,14-15,17-18H2,1-2H3,(H,27,29). The van der Waals surface area contributed by atoms with Crippen LogP contribution in [0, 0.1) is 6.92 Å². The van der Waals surface area contributed by atoms with Gasteiger partial charge in [-0.25, -0.2) is 8.42 Å². The number of anilines is 1. The highest BCUT2D eigenvalue weighted by Crippen LogP contribution is 2.27. The summed E-state index contributed by atoms with van der Waals surface area (Å²) in [5.74, 6) is 1.61. The highest BCUT2D eigenvalue weighted by Gasteiger charge is 2.27. The molecule has 3 aromatic rings. The summed E-state index contributed by atoms with van der Waals surface area (Å²) in [6.45, 7) is 1.97. The molecule has 3 rings (SSSR count). The second-order valence-corrected chi connectivity index (χ2v) is 11.0. The zero-order chi connectivity index (χ0) is 24.6. The van der Waals surface area contributed by atoms with Crippen molar-refractivity contribution >= 4 is 45.0 Å². The van der Waals surface area contributed by atoms with Crippen LogP contribution >= 0.6 is 23.4 Å². The monoisotopic (exact) mass is 518 g/mol. The molecule has 0 heterocycles. The Morgan fingerprint density at radius 3 is 2.44 bits per heavy atom. The van der Waals surface area contributed by atoms with E-state index < -0.39 is 10.0 Å². The molecule has 0 unspecified atom stereocenters. The molecule has 0 bridgehead atoms. The molecule has 0 saturated heterocycles. The van der Waals surface area contributed by atoms with E-state index in [1.807, 2.05) is 31.2 Å². The van der Waals surface area contributed by atoms with Crippen LogP contribution < -0.4 is 14.4 Å². The van der Waals surface area contributed by atoms with Crippen LogP contribution in [0.3, 0.4) is 0 Å². The van der Waals surface area contributed by atoms with Gasteiger partial charge >= 0.3 is 0 Å². The topological polar surface area (TPSA) is 75.7 Å². The minimum Gasteiger partial charge on any atom is -0.497 e. The first-order chi connectivity index (χ1) is 16.3. The van der Waals surface area contributed by atoms with Crippen molar-refractivity contribution in [1.82, 2.24) is 5.32 Å². The van der Waals surface area contributed by atoms with Crippen LogP contribution in [-0.2, 0) is 20.6 Å². The molecule has 6 nitrogen and oxygen atoms in total. The van der Waals surface area contributed by atoms with E-state index in [1.165, 1.54) is 7.11 Å². The number of rotatable bonds is 11. The number of halogens is 1. The average molecular weight is 519 g/mol. The Kier molecular flexibility index (Phi) is 9.27. The molecule has 0 aromatic heterocycles. The SMILES string of the molecule is COc1cccc(N(CC(=O)NCCSCc2ccc(Cl)cc2)S(=O)(=O)c2ccc(C)cc2)c1. The van der Waals surface area contributed by atoms with Crippen molar-refractivity contribution in [3.05, 3.63) is 88.9 Å². The minimum absolute atomic E-state index is 0.118. The van der Waals surface area contributed by atoms with Gasteiger partial charge in [-0.15, -0.1) is 0 Å². The largest absolute Gasteiger partial charge is 0.497 e. The van der Waals surface area contributed by atoms with Crippen molar-refractivity contribution in [1.29, 1.82) is 0 Å². The molecule has 0 radical (unpaired) electrons. The zero-order valence-electron chi connectivity index (χ0n) is 19.0. The number of nitrogens with zero attached hydrogens (tertiary/aromatic N) is 1. The number of ether oxygens (including phenoxy) is 1. The number of thioether (sulfide) groups is 1. The second-order valence-electron chi connectivity index (χ2n) is 7.56. The molecular weight excluding hydrogens is 492 g/mol. The van der Waals surface area contributed by atoms with E-state index in [9.17, 15) is 13.2 Å². The van der Waals surface area contributed by atoms with Crippen molar-refractivity contribution in [3.63, 3.8) is 0 Å². The molecule has 180 valence electrons. The van der Waals surface area contributed by atoms with Crippen LogP contribution in [0.4, 0.5) is 5.69 Å². The number of methoxy groups -OCH3 is 1. The summed E-state index contributed by atoms with van der Waals surface area (Å²) >= 11 is 7.57. The molecule has 1 N–H and O–H groups in total. The molecule has 9 heteroatoms. The summed E-state index contributed by atoms with van der Waals surface area (Å²) in [6.07, 6.45) is 0. The lowest BCUT2D eigenvalue weighted by Crippen LogP contribution is -2.41. The number of sulfonamides is 1. The molecule has 0 atom stereocenters. The first kappa shape index (κ1) is 25.9. The second kappa shape index (κ2) is 12.1. The molecular formula is C25H27ClN2O4S2. The third-order valence-electron chi connectivity index (χ3n) is 4.99. The van der Waals surface area contributed by atoms with Crippen molar-refractivity contribution in [2.75, 3.05) is 30.3 Å². The maximum absolute atomic E-state index is 13.4. The van der Waals surface area contributed by atoms with E-state index >= 15 is 0 Å². The molecule has 0 spiro atoms. The third-order valence-corrected chi connectivity index (χ3v) is 8.06. The number of hydrogen-bond donors (Lipinski definition) is 1. The number of amides is 1. The van der Waals surface area contributed by atoms with E-state index in [1.54, 1.807) is 60.3 Å². The van der Waals surface area contributed by atoms with Crippen LogP contribution in [-0.4, -0.2) is 40.3 Å². The lowest BCUT2D eigenvalue weighted by atomic mass is 10.2. The predicted molar refractivity (Wildman–Crippen MR) is 139 cm³/mol. The normalized spacial score (nSPS) is 11.1. The Morgan fingerprint density at radius 2 is 1.76 bits per heavy atom. The summed E-state index contributed by atoms with van der Waals surface area (Å²) in [5.41, 5.74) is 2.45. The van der Waals surface area contributed by atoms with Crippen molar-refractivity contribution in [3.8, 4) is 5.75 Å². The average Bonchev–Trinajstić information content (AvgIpc) is 2.83. The Morgan fingerprint density at radius 1 is 1.06 bits per heavy atom. The molecule has 0 saturated carbocycles. The molecule has 3 aromatic carbocycles. The zero-order valence-corrected chi connectivity index (χ0v) is 21.4. The first-order valence-corrected chi connectivity index (χ1v) is 13.6. The van der Waals surface area contributed by atoms with Crippen molar-refractivity contribution in [2.24, 2.45) is 0 Å². The van der Waals surface area contributed by atoms with Gasteiger partial charge in [-0.1, -0.05) is 47.5 Å². The molecule has 0 fully saturated rings. The summed E-state index contributed by atoms with van der Waals surface area (Å²) in [4.78, 5) is 12.8. The summed E-state index contributed by atoms with van der Waals surface area (Å²) < 4.78 is 33.2. The maximum atomic E-state index is 13.4. The highest BCUT2D eigenvalue weighted by molar-refractivity contribution is 7.98. The van der Waals surface area contributed by atoms with Gasteiger partial charge in [0.2, 0.25) is 5.91 Å². The van der Waals surface area contributed by atoms with Gasteiger partial charge in [-0.3, -0.25) is 9.10 Å². The van der Waals surface area contributed by atoms with Gasteiger partial charge in [0.05, 0.1) is 17.7 Å². The van der Waals surface area contributed by atoms with E-state index in [2.05, 4.69) is 5.32 Å². The van der Waals surface area contributed by atoms with Crippen LogP contribution in [0.2, 0.25) is 5.02 Å².